The summed E-state index contributed by atoms with van der Waals surface area (Å²) < 4.78 is 1.60. The SMILES string of the molecule is CCCCN(CCCC)C(=O)Cn1cc(C(N)CC)nn1. The first-order valence-electron chi connectivity index (χ1n) is 8.05. The normalized spacial score (nSPS) is 12.4. The molecule has 2 N–H and O–H groups in total. The summed E-state index contributed by atoms with van der Waals surface area (Å²) in [5.74, 6) is 0.110. The molecule has 0 saturated heterocycles. The first-order chi connectivity index (χ1) is 10.1. The van der Waals surface area contributed by atoms with Crippen LogP contribution in [-0.2, 0) is 11.3 Å². The average Bonchev–Trinajstić information content (AvgIpc) is 2.95. The number of carbonyl (C=O) groups is 1. The molecule has 0 spiro atoms. The zero-order valence-corrected chi connectivity index (χ0v) is 13.6. The van der Waals surface area contributed by atoms with Gasteiger partial charge in [0, 0.05) is 13.1 Å². The predicted molar refractivity (Wildman–Crippen MR) is 83.6 cm³/mol. The van der Waals surface area contributed by atoms with Gasteiger partial charge in [0.1, 0.15) is 6.54 Å². The second kappa shape index (κ2) is 9.50. The van der Waals surface area contributed by atoms with Gasteiger partial charge >= 0.3 is 0 Å². The van der Waals surface area contributed by atoms with Crippen LogP contribution in [0.5, 0.6) is 0 Å². The molecule has 6 heteroatoms. The van der Waals surface area contributed by atoms with E-state index >= 15 is 0 Å². The molecular formula is C15H29N5O. The third-order valence-electron chi connectivity index (χ3n) is 3.59. The average molecular weight is 295 g/mol. The molecule has 1 unspecified atom stereocenters. The molecule has 0 aliphatic heterocycles. The summed E-state index contributed by atoms with van der Waals surface area (Å²) in [5.41, 5.74) is 6.67. The lowest BCUT2D eigenvalue weighted by Crippen LogP contribution is -2.35. The van der Waals surface area contributed by atoms with Gasteiger partial charge in [0.2, 0.25) is 5.91 Å². The number of hydrogen-bond donors (Lipinski definition) is 1. The van der Waals surface area contributed by atoms with Gasteiger partial charge in [-0.25, -0.2) is 4.68 Å². The Labute approximate surface area is 127 Å². The van der Waals surface area contributed by atoms with Crippen molar-refractivity contribution >= 4 is 5.91 Å². The van der Waals surface area contributed by atoms with Crippen LogP contribution in [0.25, 0.3) is 0 Å². The van der Waals surface area contributed by atoms with E-state index in [4.69, 9.17) is 5.73 Å². The van der Waals surface area contributed by atoms with Crippen molar-refractivity contribution in [2.75, 3.05) is 13.1 Å². The lowest BCUT2D eigenvalue weighted by molar-refractivity contribution is -0.132. The monoisotopic (exact) mass is 295 g/mol. The maximum atomic E-state index is 12.4. The molecule has 0 aliphatic rings. The Balaban J connectivity index is 2.60. The van der Waals surface area contributed by atoms with Crippen molar-refractivity contribution in [2.45, 2.75) is 65.5 Å². The van der Waals surface area contributed by atoms with Crippen molar-refractivity contribution in [1.29, 1.82) is 0 Å². The summed E-state index contributed by atoms with van der Waals surface area (Å²) in [6.07, 6.45) is 6.86. The van der Waals surface area contributed by atoms with Crippen LogP contribution in [0.3, 0.4) is 0 Å². The van der Waals surface area contributed by atoms with E-state index in [-0.39, 0.29) is 18.5 Å². The second-order valence-corrected chi connectivity index (χ2v) is 5.44. The summed E-state index contributed by atoms with van der Waals surface area (Å²) in [6.45, 7) is 8.18. The number of hydrogen-bond acceptors (Lipinski definition) is 4. The Morgan fingerprint density at radius 1 is 1.29 bits per heavy atom. The standard InChI is InChI=1S/C15H29N5O/c1-4-7-9-19(10-8-5-2)15(21)12-20-11-14(17-18-20)13(16)6-3/h11,13H,4-10,12,16H2,1-3H3. The Bertz CT molecular complexity index is 410. The molecule has 0 bridgehead atoms. The number of carbonyl (C=O) groups excluding carboxylic acids is 1. The van der Waals surface area contributed by atoms with Gasteiger partial charge < -0.3 is 10.6 Å². The van der Waals surface area contributed by atoms with E-state index in [1.165, 1.54) is 0 Å². The molecule has 1 rings (SSSR count). The molecule has 0 aliphatic carbocycles. The number of aromatic nitrogens is 3. The number of nitrogens with two attached hydrogens (primary N) is 1. The van der Waals surface area contributed by atoms with Crippen LogP contribution >= 0.6 is 0 Å². The van der Waals surface area contributed by atoms with Gasteiger partial charge in [-0.05, 0) is 19.3 Å². The van der Waals surface area contributed by atoms with E-state index in [1.807, 2.05) is 11.8 Å². The summed E-state index contributed by atoms with van der Waals surface area (Å²) in [4.78, 5) is 14.3. The highest BCUT2D eigenvalue weighted by atomic mass is 16.2. The van der Waals surface area contributed by atoms with E-state index in [9.17, 15) is 4.79 Å². The maximum absolute atomic E-state index is 12.4. The molecular weight excluding hydrogens is 266 g/mol. The van der Waals surface area contributed by atoms with E-state index in [0.717, 1.165) is 50.9 Å². The Kier molecular flexibility index (Phi) is 7.97. The van der Waals surface area contributed by atoms with Crippen molar-refractivity contribution in [1.82, 2.24) is 19.9 Å². The van der Waals surface area contributed by atoms with Gasteiger partial charge in [0.25, 0.3) is 0 Å². The molecule has 1 heterocycles. The first kappa shape index (κ1) is 17.6. The van der Waals surface area contributed by atoms with Gasteiger partial charge in [-0.15, -0.1) is 5.10 Å². The van der Waals surface area contributed by atoms with Crippen LogP contribution < -0.4 is 5.73 Å². The Hall–Kier alpha value is -1.43. The smallest absolute Gasteiger partial charge is 0.244 e. The summed E-state index contributed by atoms with van der Waals surface area (Å²) >= 11 is 0. The van der Waals surface area contributed by atoms with E-state index in [2.05, 4.69) is 24.2 Å². The van der Waals surface area contributed by atoms with Crippen LogP contribution in [0.2, 0.25) is 0 Å². The molecule has 1 aromatic heterocycles. The number of unbranched alkanes of at least 4 members (excludes halogenated alkanes) is 2. The Morgan fingerprint density at radius 2 is 1.90 bits per heavy atom. The minimum absolute atomic E-state index is 0.106. The number of nitrogens with zero attached hydrogens (tertiary/aromatic N) is 4. The molecule has 21 heavy (non-hydrogen) atoms. The molecule has 120 valence electrons. The van der Waals surface area contributed by atoms with E-state index in [0.29, 0.717) is 0 Å². The Morgan fingerprint density at radius 3 is 2.43 bits per heavy atom. The van der Waals surface area contributed by atoms with Crippen LogP contribution in [0, 0.1) is 0 Å². The van der Waals surface area contributed by atoms with E-state index in [1.54, 1.807) is 10.9 Å². The van der Waals surface area contributed by atoms with Gasteiger partial charge in [-0.2, -0.15) is 0 Å². The topological polar surface area (TPSA) is 77.0 Å². The zero-order valence-electron chi connectivity index (χ0n) is 13.6. The largest absolute Gasteiger partial charge is 0.341 e. The lowest BCUT2D eigenvalue weighted by atomic mass is 10.2. The molecule has 1 amide bonds. The summed E-state index contributed by atoms with van der Waals surface area (Å²) in [7, 11) is 0. The van der Waals surface area contributed by atoms with Crippen LogP contribution in [0.1, 0.15) is 64.6 Å². The van der Waals surface area contributed by atoms with Crippen LogP contribution in [0.4, 0.5) is 0 Å². The fourth-order valence-corrected chi connectivity index (χ4v) is 2.07. The molecule has 1 aromatic rings. The molecule has 0 radical (unpaired) electrons. The van der Waals surface area contributed by atoms with Gasteiger partial charge in [-0.1, -0.05) is 38.8 Å². The quantitative estimate of drug-likeness (QED) is 0.717. The summed E-state index contributed by atoms with van der Waals surface area (Å²) in [6, 6.07) is -0.106. The van der Waals surface area contributed by atoms with E-state index < -0.39 is 0 Å². The van der Waals surface area contributed by atoms with Crippen molar-refractivity contribution in [3.63, 3.8) is 0 Å². The molecule has 6 nitrogen and oxygen atoms in total. The minimum Gasteiger partial charge on any atom is -0.341 e. The van der Waals surface area contributed by atoms with Crippen molar-refractivity contribution in [2.24, 2.45) is 5.73 Å². The highest BCUT2D eigenvalue weighted by Gasteiger charge is 2.15. The lowest BCUT2D eigenvalue weighted by Gasteiger charge is -2.22. The van der Waals surface area contributed by atoms with Crippen LogP contribution in [-0.4, -0.2) is 38.9 Å². The van der Waals surface area contributed by atoms with Crippen LogP contribution in [0.15, 0.2) is 6.20 Å². The molecule has 0 aromatic carbocycles. The van der Waals surface area contributed by atoms with Gasteiger partial charge in [-0.3, -0.25) is 4.79 Å². The highest BCUT2D eigenvalue weighted by molar-refractivity contribution is 5.75. The van der Waals surface area contributed by atoms with Crippen molar-refractivity contribution in [3.05, 3.63) is 11.9 Å². The van der Waals surface area contributed by atoms with Gasteiger partial charge in [0.05, 0.1) is 17.9 Å². The third-order valence-corrected chi connectivity index (χ3v) is 3.59. The predicted octanol–water partition coefficient (Wildman–Crippen LogP) is 2.12. The molecule has 0 saturated carbocycles. The molecule has 1 atom stereocenters. The fraction of sp³-hybridized carbons (Fsp3) is 0.800. The fourth-order valence-electron chi connectivity index (χ4n) is 2.07. The third kappa shape index (κ3) is 5.83. The minimum atomic E-state index is -0.106. The van der Waals surface area contributed by atoms with Gasteiger partial charge in [0.15, 0.2) is 0 Å². The van der Waals surface area contributed by atoms with Crippen molar-refractivity contribution < 1.29 is 4.79 Å². The number of rotatable bonds is 10. The van der Waals surface area contributed by atoms with Crippen molar-refractivity contribution in [3.8, 4) is 0 Å². The second-order valence-electron chi connectivity index (χ2n) is 5.44. The first-order valence-corrected chi connectivity index (χ1v) is 8.05. The zero-order chi connectivity index (χ0) is 15.7. The summed E-state index contributed by atoms with van der Waals surface area (Å²) in [5, 5.41) is 8.05. The molecule has 0 fully saturated rings. The number of amides is 1. The maximum Gasteiger partial charge on any atom is 0.244 e. The highest BCUT2D eigenvalue weighted by Crippen LogP contribution is 2.09.